The lowest BCUT2D eigenvalue weighted by Crippen LogP contribution is -2.47. The maximum atomic E-state index is 12.9. The minimum absolute atomic E-state index is 0.0211. The molecular formula is C23H30N4O6S. The van der Waals surface area contributed by atoms with Gasteiger partial charge in [-0.15, -0.1) is 0 Å². The van der Waals surface area contributed by atoms with Crippen molar-refractivity contribution >= 4 is 27.5 Å². The summed E-state index contributed by atoms with van der Waals surface area (Å²) in [6.07, 6.45) is 0. The topological polar surface area (TPSA) is 108 Å². The van der Waals surface area contributed by atoms with E-state index < -0.39 is 22.5 Å². The second-order valence-electron chi connectivity index (χ2n) is 8.00. The van der Waals surface area contributed by atoms with E-state index in [1.54, 1.807) is 24.3 Å². The number of hydrogen-bond acceptors (Lipinski definition) is 7. The Balaban J connectivity index is 1.61. The molecule has 34 heavy (non-hydrogen) atoms. The van der Waals surface area contributed by atoms with E-state index in [9.17, 15) is 18.0 Å². The van der Waals surface area contributed by atoms with Crippen LogP contribution in [0.4, 0.5) is 5.69 Å². The van der Waals surface area contributed by atoms with E-state index in [1.807, 2.05) is 11.9 Å². The number of hydrogen-bond donors (Lipinski definition) is 1. The number of piperazine rings is 1. The van der Waals surface area contributed by atoms with Crippen molar-refractivity contribution in [1.82, 2.24) is 14.1 Å². The number of benzene rings is 2. The molecule has 0 unspecified atom stereocenters. The highest BCUT2D eigenvalue weighted by atomic mass is 32.2. The van der Waals surface area contributed by atoms with Gasteiger partial charge in [0.1, 0.15) is 0 Å². The highest BCUT2D eigenvalue weighted by Gasteiger charge is 2.25. The van der Waals surface area contributed by atoms with Gasteiger partial charge >= 0.3 is 0 Å². The number of carbonyl (C=O) groups is 2. The minimum atomic E-state index is -3.93. The molecule has 0 bridgehead atoms. The predicted molar refractivity (Wildman–Crippen MR) is 128 cm³/mol. The molecule has 0 spiro atoms. The summed E-state index contributed by atoms with van der Waals surface area (Å²) >= 11 is 0. The third-order valence-corrected chi connectivity index (χ3v) is 7.43. The minimum Gasteiger partial charge on any atom is -0.493 e. The first-order chi connectivity index (χ1) is 16.1. The quantitative estimate of drug-likeness (QED) is 0.595. The van der Waals surface area contributed by atoms with E-state index in [0.29, 0.717) is 30.1 Å². The number of sulfonamides is 1. The Morgan fingerprint density at radius 2 is 1.59 bits per heavy atom. The summed E-state index contributed by atoms with van der Waals surface area (Å²) in [4.78, 5) is 29.1. The zero-order valence-corrected chi connectivity index (χ0v) is 20.6. The summed E-state index contributed by atoms with van der Waals surface area (Å²) in [5.41, 5.74) is 1.01. The van der Waals surface area contributed by atoms with Crippen molar-refractivity contribution in [1.29, 1.82) is 0 Å². The number of carbonyl (C=O) groups excluding carboxylic acids is 2. The zero-order valence-electron chi connectivity index (χ0n) is 19.8. The number of anilines is 1. The van der Waals surface area contributed by atoms with E-state index in [2.05, 4.69) is 10.2 Å². The van der Waals surface area contributed by atoms with E-state index in [-0.39, 0.29) is 16.6 Å². The Labute approximate surface area is 200 Å². The van der Waals surface area contributed by atoms with Gasteiger partial charge in [0, 0.05) is 50.5 Å². The van der Waals surface area contributed by atoms with Crippen LogP contribution < -0.4 is 14.8 Å². The molecule has 0 aliphatic carbocycles. The molecule has 0 saturated carbocycles. The van der Waals surface area contributed by atoms with Gasteiger partial charge < -0.3 is 24.6 Å². The molecule has 0 radical (unpaired) electrons. The molecular weight excluding hydrogens is 460 g/mol. The standard InChI is InChI=1S/C23H30N4O6S/c1-25-11-13-27(14-12-25)23(29)17-5-7-18(8-6-17)24-22(28)16-26(2)34(30,31)19-9-10-20(32-3)21(15-19)33-4/h5-10,15H,11-14,16H2,1-4H3,(H,24,28). The Kier molecular flexibility index (Phi) is 8.13. The average molecular weight is 491 g/mol. The fraction of sp³-hybridized carbons (Fsp3) is 0.391. The summed E-state index contributed by atoms with van der Waals surface area (Å²) in [5, 5.41) is 2.67. The van der Waals surface area contributed by atoms with Crippen molar-refractivity contribution in [3.8, 4) is 11.5 Å². The Bertz CT molecular complexity index is 1130. The number of amides is 2. The molecule has 10 nitrogen and oxygen atoms in total. The maximum absolute atomic E-state index is 12.9. The highest BCUT2D eigenvalue weighted by molar-refractivity contribution is 7.89. The lowest BCUT2D eigenvalue weighted by Gasteiger charge is -2.32. The van der Waals surface area contributed by atoms with E-state index in [0.717, 1.165) is 17.4 Å². The number of nitrogens with zero attached hydrogens (tertiary/aromatic N) is 3. The van der Waals surface area contributed by atoms with Gasteiger partial charge in [-0.25, -0.2) is 8.42 Å². The van der Waals surface area contributed by atoms with Crippen LogP contribution in [-0.2, 0) is 14.8 Å². The molecule has 2 amide bonds. The first kappa shape index (κ1) is 25.5. The summed E-state index contributed by atoms with van der Waals surface area (Å²) in [6, 6.07) is 10.8. The van der Waals surface area contributed by atoms with Crippen LogP contribution in [0.3, 0.4) is 0 Å². The number of ether oxygens (including phenoxy) is 2. The molecule has 0 atom stereocenters. The Morgan fingerprint density at radius 1 is 0.971 bits per heavy atom. The summed E-state index contributed by atoms with van der Waals surface area (Å²) in [6.45, 7) is 2.63. The summed E-state index contributed by atoms with van der Waals surface area (Å²) < 4.78 is 37.0. The molecule has 1 heterocycles. The van der Waals surface area contributed by atoms with Crippen molar-refractivity contribution in [3.63, 3.8) is 0 Å². The van der Waals surface area contributed by atoms with Crippen LogP contribution in [0.2, 0.25) is 0 Å². The molecule has 2 aromatic rings. The van der Waals surface area contributed by atoms with Crippen molar-refractivity contribution in [2.24, 2.45) is 0 Å². The predicted octanol–water partition coefficient (Wildman–Crippen LogP) is 1.35. The first-order valence-corrected chi connectivity index (χ1v) is 12.2. The highest BCUT2D eigenvalue weighted by Crippen LogP contribution is 2.30. The van der Waals surface area contributed by atoms with Crippen LogP contribution in [-0.4, -0.2) is 95.4 Å². The van der Waals surface area contributed by atoms with E-state index >= 15 is 0 Å². The Hall–Kier alpha value is -3.15. The largest absolute Gasteiger partial charge is 0.493 e. The van der Waals surface area contributed by atoms with Crippen molar-refractivity contribution < 1.29 is 27.5 Å². The molecule has 1 N–H and O–H groups in total. The van der Waals surface area contributed by atoms with Gasteiger partial charge in [0.2, 0.25) is 15.9 Å². The van der Waals surface area contributed by atoms with E-state index in [1.165, 1.54) is 39.5 Å². The van der Waals surface area contributed by atoms with Crippen LogP contribution in [0.1, 0.15) is 10.4 Å². The SMILES string of the molecule is COc1ccc(S(=O)(=O)N(C)CC(=O)Nc2ccc(C(=O)N3CCN(C)CC3)cc2)cc1OC. The van der Waals surface area contributed by atoms with Gasteiger partial charge in [0.25, 0.3) is 5.91 Å². The molecule has 3 rings (SSSR count). The number of likely N-dealkylation sites (N-methyl/N-ethyl adjacent to an activating group) is 2. The lowest BCUT2D eigenvalue weighted by atomic mass is 10.1. The van der Waals surface area contributed by atoms with Gasteiger partial charge in [-0.2, -0.15) is 4.31 Å². The van der Waals surface area contributed by atoms with Crippen LogP contribution in [0.15, 0.2) is 47.4 Å². The molecule has 2 aromatic carbocycles. The average Bonchev–Trinajstić information content (AvgIpc) is 2.83. The van der Waals surface area contributed by atoms with Crippen molar-refractivity contribution in [3.05, 3.63) is 48.0 Å². The normalized spacial score (nSPS) is 14.7. The Morgan fingerprint density at radius 3 is 2.18 bits per heavy atom. The fourth-order valence-corrected chi connectivity index (χ4v) is 4.68. The molecule has 1 saturated heterocycles. The molecule has 1 fully saturated rings. The van der Waals surface area contributed by atoms with Gasteiger partial charge in [0.15, 0.2) is 11.5 Å². The van der Waals surface area contributed by atoms with Crippen molar-refractivity contribution in [2.75, 3.05) is 66.4 Å². The smallest absolute Gasteiger partial charge is 0.253 e. The van der Waals surface area contributed by atoms with Gasteiger partial charge in [-0.3, -0.25) is 9.59 Å². The van der Waals surface area contributed by atoms with Crippen LogP contribution in [0.25, 0.3) is 0 Å². The molecule has 1 aliphatic heterocycles. The molecule has 0 aromatic heterocycles. The monoisotopic (exact) mass is 490 g/mol. The second-order valence-corrected chi connectivity index (χ2v) is 10.0. The van der Waals surface area contributed by atoms with Crippen LogP contribution >= 0.6 is 0 Å². The van der Waals surface area contributed by atoms with Gasteiger partial charge in [-0.05, 0) is 43.4 Å². The van der Waals surface area contributed by atoms with Gasteiger partial charge in [-0.1, -0.05) is 0 Å². The molecule has 184 valence electrons. The second kappa shape index (κ2) is 10.9. The van der Waals surface area contributed by atoms with Crippen LogP contribution in [0.5, 0.6) is 11.5 Å². The number of rotatable bonds is 8. The van der Waals surface area contributed by atoms with Crippen molar-refractivity contribution in [2.45, 2.75) is 4.90 Å². The lowest BCUT2D eigenvalue weighted by molar-refractivity contribution is -0.116. The number of methoxy groups -OCH3 is 2. The van der Waals surface area contributed by atoms with Gasteiger partial charge in [0.05, 0.1) is 25.7 Å². The molecule has 1 aliphatic rings. The summed E-state index contributed by atoms with van der Waals surface area (Å²) in [7, 11) is 2.28. The molecule has 11 heteroatoms. The maximum Gasteiger partial charge on any atom is 0.253 e. The number of nitrogens with one attached hydrogen (secondary N) is 1. The first-order valence-electron chi connectivity index (χ1n) is 10.7. The van der Waals surface area contributed by atoms with Crippen LogP contribution in [0, 0.1) is 0 Å². The van der Waals surface area contributed by atoms with E-state index in [4.69, 9.17) is 9.47 Å². The fourth-order valence-electron chi connectivity index (χ4n) is 3.53. The zero-order chi connectivity index (χ0) is 24.9. The summed E-state index contributed by atoms with van der Waals surface area (Å²) in [5.74, 6) is 0.112. The third kappa shape index (κ3) is 5.85. The third-order valence-electron chi connectivity index (χ3n) is 5.64.